The highest BCUT2D eigenvalue weighted by Crippen LogP contribution is 2.12. The molecule has 0 N–H and O–H groups in total. The van der Waals surface area contributed by atoms with E-state index in [1.807, 2.05) is 0 Å². The molecular weight excluding hydrogens is 133 g/mol. The lowest BCUT2D eigenvalue weighted by atomic mass is 10.1. The first-order valence-corrected chi connectivity index (χ1v) is 4.02. The molecule has 0 amide bonds. The van der Waals surface area contributed by atoms with E-state index in [0.29, 0.717) is 0 Å². The van der Waals surface area contributed by atoms with Gasteiger partial charge in [-0.25, -0.2) is 0 Å². The molecule has 1 aromatic carbocycles. The fraction of sp³-hybridized carbons (Fsp3) is 0.333. The smallest absolute Gasteiger partial charge is 0.217 e. The standard InChI is InChI=1S/C9H14BN/c1-3-11(10)9-6-4-5-8(2)7-9/h4-7H,3,10H2,1-2H3. The van der Waals surface area contributed by atoms with Gasteiger partial charge in [-0.2, -0.15) is 0 Å². The Morgan fingerprint density at radius 1 is 1.45 bits per heavy atom. The van der Waals surface area contributed by atoms with Crippen LogP contribution >= 0.6 is 0 Å². The highest BCUT2D eigenvalue weighted by Gasteiger charge is 1.95. The second kappa shape index (κ2) is 3.47. The van der Waals surface area contributed by atoms with Gasteiger partial charge in [0, 0.05) is 12.2 Å². The number of aryl methyl sites for hydroxylation is 1. The summed E-state index contributed by atoms with van der Waals surface area (Å²) in [5.41, 5.74) is 2.62. The molecule has 0 radical (unpaired) electrons. The zero-order valence-electron chi connectivity index (χ0n) is 7.46. The second-order valence-electron chi connectivity index (χ2n) is 2.85. The summed E-state index contributed by atoms with van der Waals surface area (Å²) in [5, 5.41) is 0. The molecule has 0 aliphatic rings. The van der Waals surface area contributed by atoms with E-state index in [9.17, 15) is 0 Å². The monoisotopic (exact) mass is 147 g/mol. The Morgan fingerprint density at radius 3 is 2.73 bits per heavy atom. The van der Waals surface area contributed by atoms with Crippen LogP contribution in [-0.2, 0) is 0 Å². The van der Waals surface area contributed by atoms with Crippen LogP contribution in [0.5, 0.6) is 0 Å². The third-order valence-electron chi connectivity index (χ3n) is 1.92. The summed E-state index contributed by atoms with van der Waals surface area (Å²) in [6, 6.07) is 8.55. The van der Waals surface area contributed by atoms with E-state index in [1.54, 1.807) is 0 Å². The topological polar surface area (TPSA) is 3.24 Å². The lowest BCUT2D eigenvalue weighted by Crippen LogP contribution is -2.17. The number of anilines is 1. The molecule has 11 heavy (non-hydrogen) atoms. The molecule has 0 bridgehead atoms. The predicted octanol–water partition coefficient (Wildman–Crippen LogP) is 1.37. The Labute approximate surface area is 69.5 Å². The number of hydrogen-bond donors (Lipinski definition) is 0. The third kappa shape index (κ3) is 2.00. The van der Waals surface area contributed by atoms with Crippen LogP contribution in [0.4, 0.5) is 5.69 Å². The third-order valence-corrected chi connectivity index (χ3v) is 1.92. The highest BCUT2D eigenvalue weighted by atomic mass is 15.0. The highest BCUT2D eigenvalue weighted by molar-refractivity contribution is 6.17. The second-order valence-corrected chi connectivity index (χ2v) is 2.85. The molecule has 0 heterocycles. The Bertz CT molecular complexity index is 235. The molecular formula is C9H14BN. The number of nitrogens with zero attached hydrogens (tertiary/aromatic N) is 1. The maximum absolute atomic E-state index is 2.23. The largest absolute Gasteiger partial charge is 0.422 e. The van der Waals surface area contributed by atoms with Gasteiger partial charge in [0.25, 0.3) is 0 Å². The van der Waals surface area contributed by atoms with Gasteiger partial charge in [-0.05, 0) is 31.5 Å². The SMILES string of the molecule is BN(CC)c1cccc(C)c1. The van der Waals surface area contributed by atoms with Gasteiger partial charge < -0.3 is 4.81 Å². The number of hydrogen-bond acceptors (Lipinski definition) is 1. The maximum atomic E-state index is 2.23. The van der Waals surface area contributed by atoms with Crippen molar-refractivity contribution < 1.29 is 0 Å². The van der Waals surface area contributed by atoms with Crippen LogP contribution in [0.2, 0.25) is 0 Å². The van der Waals surface area contributed by atoms with Crippen molar-refractivity contribution in [2.45, 2.75) is 13.8 Å². The van der Waals surface area contributed by atoms with Crippen molar-refractivity contribution >= 4 is 13.7 Å². The fourth-order valence-corrected chi connectivity index (χ4v) is 1.05. The minimum absolute atomic E-state index is 1.06. The molecule has 2 heteroatoms. The van der Waals surface area contributed by atoms with Crippen LogP contribution in [0.25, 0.3) is 0 Å². The Hall–Kier alpha value is -0.915. The van der Waals surface area contributed by atoms with Crippen LogP contribution in [0, 0.1) is 6.92 Å². The van der Waals surface area contributed by atoms with Gasteiger partial charge in [-0.15, -0.1) is 0 Å². The van der Waals surface area contributed by atoms with Crippen LogP contribution in [0.3, 0.4) is 0 Å². The van der Waals surface area contributed by atoms with Gasteiger partial charge in [0.1, 0.15) is 0 Å². The summed E-state index contributed by atoms with van der Waals surface area (Å²) in [7, 11) is 2.11. The molecule has 0 aliphatic carbocycles. The van der Waals surface area contributed by atoms with E-state index < -0.39 is 0 Å². The zero-order valence-corrected chi connectivity index (χ0v) is 7.46. The first-order valence-electron chi connectivity index (χ1n) is 4.02. The Morgan fingerprint density at radius 2 is 2.18 bits per heavy atom. The molecule has 0 atom stereocenters. The summed E-state index contributed by atoms with van der Waals surface area (Å²) in [5.74, 6) is 0. The molecule has 1 rings (SSSR count). The van der Waals surface area contributed by atoms with Crippen LogP contribution in [0.1, 0.15) is 12.5 Å². The van der Waals surface area contributed by atoms with E-state index in [1.165, 1.54) is 11.3 Å². The van der Waals surface area contributed by atoms with Gasteiger partial charge in [0.05, 0.1) is 0 Å². The minimum atomic E-state index is 1.06. The van der Waals surface area contributed by atoms with E-state index in [-0.39, 0.29) is 0 Å². The first kappa shape index (κ1) is 8.18. The van der Waals surface area contributed by atoms with Gasteiger partial charge in [0.15, 0.2) is 0 Å². The number of rotatable bonds is 2. The molecule has 0 saturated carbocycles. The van der Waals surface area contributed by atoms with Crippen molar-refractivity contribution in [3.63, 3.8) is 0 Å². The van der Waals surface area contributed by atoms with E-state index in [0.717, 1.165) is 6.54 Å². The van der Waals surface area contributed by atoms with E-state index in [2.05, 4.69) is 50.9 Å². The molecule has 0 spiro atoms. The Balaban J connectivity index is 2.86. The molecule has 0 aliphatic heterocycles. The van der Waals surface area contributed by atoms with Gasteiger partial charge in [-0.1, -0.05) is 12.1 Å². The van der Waals surface area contributed by atoms with Crippen LogP contribution in [0.15, 0.2) is 24.3 Å². The molecule has 0 saturated heterocycles. The summed E-state index contributed by atoms with van der Waals surface area (Å²) in [4.78, 5) is 2.23. The fourth-order valence-electron chi connectivity index (χ4n) is 1.05. The molecule has 1 aromatic rings. The normalized spacial score (nSPS) is 9.64. The lowest BCUT2D eigenvalue weighted by Gasteiger charge is -2.17. The minimum Gasteiger partial charge on any atom is -0.422 e. The van der Waals surface area contributed by atoms with Crippen LogP contribution < -0.4 is 4.81 Å². The van der Waals surface area contributed by atoms with E-state index in [4.69, 9.17) is 0 Å². The van der Waals surface area contributed by atoms with Crippen molar-refractivity contribution in [1.29, 1.82) is 0 Å². The van der Waals surface area contributed by atoms with Gasteiger partial charge >= 0.3 is 0 Å². The quantitative estimate of drug-likeness (QED) is 0.571. The molecule has 58 valence electrons. The summed E-state index contributed by atoms with van der Waals surface area (Å²) >= 11 is 0. The van der Waals surface area contributed by atoms with Gasteiger partial charge in [0.2, 0.25) is 7.98 Å². The summed E-state index contributed by atoms with van der Waals surface area (Å²) in [6.45, 7) is 5.33. The first-order chi connectivity index (χ1) is 5.24. The molecule has 1 nitrogen and oxygen atoms in total. The summed E-state index contributed by atoms with van der Waals surface area (Å²) in [6.07, 6.45) is 0. The molecule has 0 fully saturated rings. The summed E-state index contributed by atoms with van der Waals surface area (Å²) < 4.78 is 0. The van der Waals surface area contributed by atoms with Crippen molar-refractivity contribution in [2.24, 2.45) is 0 Å². The van der Waals surface area contributed by atoms with E-state index >= 15 is 0 Å². The average molecular weight is 147 g/mol. The lowest BCUT2D eigenvalue weighted by molar-refractivity contribution is 1.10. The maximum Gasteiger partial charge on any atom is 0.217 e. The van der Waals surface area contributed by atoms with Crippen molar-refractivity contribution in [2.75, 3.05) is 11.4 Å². The predicted molar refractivity (Wildman–Crippen MR) is 52.7 cm³/mol. The Kier molecular flexibility index (Phi) is 2.58. The van der Waals surface area contributed by atoms with Crippen LogP contribution in [-0.4, -0.2) is 14.5 Å². The molecule has 0 unspecified atom stereocenters. The van der Waals surface area contributed by atoms with Gasteiger partial charge in [-0.3, -0.25) is 0 Å². The molecule has 0 aromatic heterocycles. The van der Waals surface area contributed by atoms with Crippen molar-refractivity contribution in [1.82, 2.24) is 0 Å². The average Bonchev–Trinajstić information content (AvgIpc) is 2.03. The van der Waals surface area contributed by atoms with Crippen molar-refractivity contribution in [3.8, 4) is 0 Å². The number of benzene rings is 1. The van der Waals surface area contributed by atoms with Crippen molar-refractivity contribution in [3.05, 3.63) is 29.8 Å². The zero-order chi connectivity index (χ0) is 8.27.